The number of rotatable bonds is 7. The van der Waals surface area contributed by atoms with Crippen LogP contribution < -0.4 is 5.32 Å². The molecule has 0 spiro atoms. The summed E-state index contributed by atoms with van der Waals surface area (Å²) in [5.41, 5.74) is 0.742. The summed E-state index contributed by atoms with van der Waals surface area (Å²) in [5.74, 6) is -1.28. The average molecular weight is 378 g/mol. The van der Waals surface area contributed by atoms with Crippen molar-refractivity contribution in [1.82, 2.24) is 0 Å². The second kappa shape index (κ2) is 7.27. The SMILES string of the molecule is CCCC(CNc1ccc([N+](=O)[O-])cc1I)C(=O)O. The van der Waals surface area contributed by atoms with Crippen LogP contribution in [0.25, 0.3) is 0 Å². The lowest BCUT2D eigenvalue weighted by molar-refractivity contribution is -0.384. The summed E-state index contributed by atoms with van der Waals surface area (Å²) < 4.78 is 0.701. The minimum absolute atomic E-state index is 0.0262. The van der Waals surface area contributed by atoms with E-state index in [1.54, 1.807) is 6.07 Å². The molecule has 0 amide bonds. The molecule has 0 aliphatic carbocycles. The summed E-state index contributed by atoms with van der Waals surface area (Å²) in [5, 5.41) is 22.7. The first kappa shape index (κ1) is 15.7. The number of hydrogen-bond acceptors (Lipinski definition) is 4. The Morgan fingerprint density at radius 1 is 1.58 bits per heavy atom. The maximum absolute atomic E-state index is 11.0. The Labute approximate surface area is 124 Å². The highest BCUT2D eigenvalue weighted by Crippen LogP contribution is 2.24. The molecule has 104 valence electrons. The Bertz CT molecular complexity index is 479. The molecule has 2 N–H and O–H groups in total. The van der Waals surface area contributed by atoms with Crippen molar-refractivity contribution in [3.05, 3.63) is 31.9 Å². The third kappa shape index (κ3) is 4.66. The minimum Gasteiger partial charge on any atom is -0.481 e. The first-order valence-electron chi connectivity index (χ1n) is 5.86. The maximum Gasteiger partial charge on any atom is 0.308 e. The largest absolute Gasteiger partial charge is 0.481 e. The Kier molecular flexibility index (Phi) is 6.00. The Morgan fingerprint density at radius 3 is 2.74 bits per heavy atom. The van der Waals surface area contributed by atoms with E-state index in [0.717, 1.165) is 6.42 Å². The van der Waals surface area contributed by atoms with Gasteiger partial charge in [0.1, 0.15) is 0 Å². The van der Waals surface area contributed by atoms with Crippen LogP contribution >= 0.6 is 22.6 Å². The van der Waals surface area contributed by atoms with Crippen molar-refractivity contribution in [2.45, 2.75) is 19.8 Å². The van der Waals surface area contributed by atoms with Gasteiger partial charge < -0.3 is 10.4 Å². The zero-order chi connectivity index (χ0) is 14.4. The molecular weight excluding hydrogens is 363 g/mol. The number of benzene rings is 1. The van der Waals surface area contributed by atoms with Gasteiger partial charge in [-0.1, -0.05) is 13.3 Å². The molecule has 0 bridgehead atoms. The van der Waals surface area contributed by atoms with E-state index in [2.05, 4.69) is 5.32 Å². The van der Waals surface area contributed by atoms with Crippen LogP contribution in [0.1, 0.15) is 19.8 Å². The molecule has 7 heteroatoms. The number of carbonyl (C=O) groups is 1. The van der Waals surface area contributed by atoms with Gasteiger partial charge in [-0.15, -0.1) is 0 Å². The summed E-state index contributed by atoms with van der Waals surface area (Å²) in [4.78, 5) is 21.2. The van der Waals surface area contributed by atoms with E-state index in [9.17, 15) is 14.9 Å². The van der Waals surface area contributed by atoms with Gasteiger partial charge in [0.15, 0.2) is 0 Å². The Balaban J connectivity index is 2.72. The third-order valence-corrected chi connectivity index (χ3v) is 3.58. The maximum atomic E-state index is 11.0. The molecule has 0 fully saturated rings. The van der Waals surface area contributed by atoms with Crippen LogP contribution in [0.5, 0.6) is 0 Å². The molecule has 0 saturated carbocycles. The van der Waals surface area contributed by atoms with Crippen LogP contribution in [0.15, 0.2) is 18.2 Å². The van der Waals surface area contributed by atoms with Crippen molar-refractivity contribution >= 4 is 39.9 Å². The van der Waals surface area contributed by atoms with Crippen molar-refractivity contribution in [1.29, 1.82) is 0 Å². The number of anilines is 1. The number of nitrogens with one attached hydrogen (secondary N) is 1. The quantitative estimate of drug-likeness (QED) is 0.432. The molecule has 1 unspecified atom stereocenters. The van der Waals surface area contributed by atoms with Crippen molar-refractivity contribution in [3.63, 3.8) is 0 Å². The first-order valence-corrected chi connectivity index (χ1v) is 6.94. The molecule has 0 aliphatic heterocycles. The molecule has 6 nitrogen and oxygen atoms in total. The van der Waals surface area contributed by atoms with Gasteiger partial charge in [-0.05, 0) is 35.1 Å². The summed E-state index contributed by atoms with van der Waals surface area (Å²) >= 11 is 1.99. The van der Waals surface area contributed by atoms with E-state index < -0.39 is 16.8 Å². The monoisotopic (exact) mass is 378 g/mol. The van der Waals surface area contributed by atoms with Crippen molar-refractivity contribution in [2.24, 2.45) is 5.92 Å². The third-order valence-electron chi connectivity index (χ3n) is 2.69. The molecule has 0 radical (unpaired) electrons. The molecule has 1 aromatic rings. The normalized spacial score (nSPS) is 11.9. The molecule has 1 aromatic carbocycles. The summed E-state index contributed by atoms with van der Waals surface area (Å²) in [6, 6.07) is 4.46. The van der Waals surface area contributed by atoms with E-state index in [0.29, 0.717) is 22.2 Å². The number of carboxylic acids is 1. The molecular formula is C12H15IN2O4. The molecule has 0 heterocycles. The molecule has 1 rings (SSSR count). The minimum atomic E-state index is -0.828. The zero-order valence-electron chi connectivity index (χ0n) is 10.4. The van der Waals surface area contributed by atoms with Gasteiger partial charge in [-0.25, -0.2) is 0 Å². The summed E-state index contributed by atoms with van der Waals surface area (Å²) in [7, 11) is 0. The number of hydrogen-bond donors (Lipinski definition) is 2. The smallest absolute Gasteiger partial charge is 0.308 e. The number of halogens is 1. The van der Waals surface area contributed by atoms with Crippen LogP contribution in [-0.2, 0) is 4.79 Å². The zero-order valence-corrected chi connectivity index (χ0v) is 12.6. The standard InChI is InChI=1S/C12H15IN2O4/c1-2-3-8(12(16)17)7-14-11-5-4-9(15(18)19)6-10(11)13/h4-6,8,14H,2-3,7H2,1H3,(H,16,17). The van der Waals surface area contributed by atoms with Gasteiger partial charge in [-0.2, -0.15) is 0 Å². The van der Waals surface area contributed by atoms with Gasteiger partial charge in [-0.3, -0.25) is 14.9 Å². The van der Waals surface area contributed by atoms with Crippen molar-refractivity contribution in [3.8, 4) is 0 Å². The van der Waals surface area contributed by atoms with Crippen LogP contribution in [-0.4, -0.2) is 22.5 Å². The van der Waals surface area contributed by atoms with E-state index in [1.165, 1.54) is 12.1 Å². The lowest BCUT2D eigenvalue weighted by atomic mass is 10.0. The van der Waals surface area contributed by atoms with Crippen LogP contribution in [0, 0.1) is 19.6 Å². The van der Waals surface area contributed by atoms with Crippen LogP contribution in [0.2, 0.25) is 0 Å². The average Bonchev–Trinajstić information content (AvgIpc) is 2.35. The molecule has 19 heavy (non-hydrogen) atoms. The predicted molar refractivity (Wildman–Crippen MR) is 80.3 cm³/mol. The van der Waals surface area contributed by atoms with Crippen LogP contribution in [0.3, 0.4) is 0 Å². The number of non-ortho nitro benzene ring substituents is 1. The second-order valence-corrected chi connectivity index (χ2v) is 5.29. The lowest BCUT2D eigenvalue weighted by Gasteiger charge is -2.14. The van der Waals surface area contributed by atoms with Crippen LogP contribution in [0.4, 0.5) is 11.4 Å². The van der Waals surface area contributed by atoms with Gasteiger partial charge in [0.05, 0.1) is 10.8 Å². The van der Waals surface area contributed by atoms with Crippen molar-refractivity contribution < 1.29 is 14.8 Å². The van der Waals surface area contributed by atoms with Gasteiger partial charge in [0.2, 0.25) is 0 Å². The van der Waals surface area contributed by atoms with Gasteiger partial charge >= 0.3 is 5.97 Å². The molecule has 0 aromatic heterocycles. The number of nitro benzene ring substituents is 1. The van der Waals surface area contributed by atoms with Gasteiger partial charge in [0.25, 0.3) is 5.69 Å². The number of aliphatic carboxylic acids is 1. The fourth-order valence-electron chi connectivity index (χ4n) is 1.66. The molecule has 0 saturated heterocycles. The Hall–Kier alpha value is -1.38. The summed E-state index contributed by atoms with van der Waals surface area (Å²) in [6.07, 6.45) is 1.40. The molecule has 0 aliphatic rings. The highest BCUT2D eigenvalue weighted by atomic mass is 127. The second-order valence-electron chi connectivity index (χ2n) is 4.13. The first-order chi connectivity index (χ1) is 8.95. The predicted octanol–water partition coefficient (Wildman–Crippen LogP) is 3.11. The topological polar surface area (TPSA) is 92.5 Å². The fourth-order valence-corrected chi connectivity index (χ4v) is 2.34. The fraction of sp³-hybridized carbons (Fsp3) is 0.417. The highest BCUT2D eigenvalue weighted by molar-refractivity contribution is 14.1. The van der Waals surface area contributed by atoms with E-state index in [1.807, 2.05) is 29.5 Å². The highest BCUT2D eigenvalue weighted by Gasteiger charge is 2.17. The van der Waals surface area contributed by atoms with E-state index in [-0.39, 0.29) is 5.69 Å². The molecule has 1 atom stereocenters. The van der Waals surface area contributed by atoms with Crippen molar-refractivity contribution in [2.75, 3.05) is 11.9 Å². The number of nitro groups is 1. The lowest BCUT2D eigenvalue weighted by Crippen LogP contribution is -2.23. The number of nitrogens with zero attached hydrogens (tertiary/aromatic N) is 1. The van der Waals surface area contributed by atoms with Gasteiger partial charge in [0, 0.05) is 27.9 Å². The summed E-state index contributed by atoms with van der Waals surface area (Å²) in [6.45, 7) is 2.25. The Morgan fingerprint density at radius 2 is 2.26 bits per heavy atom. The number of carboxylic acid groups (broad SMARTS) is 1. The van der Waals surface area contributed by atoms with E-state index in [4.69, 9.17) is 5.11 Å². The van der Waals surface area contributed by atoms with E-state index >= 15 is 0 Å².